The molecule has 3 N–H and O–H groups in total. The fourth-order valence-corrected chi connectivity index (χ4v) is 1.93. The fourth-order valence-electron chi connectivity index (χ4n) is 1.93. The second kappa shape index (κ2) is 11.5. The molecule has 0 aliphatic heterocycles. The highest BCUT2D eigenvalue weighted by Gasteiger charge is 2.03. The van der Waals surface area contributed by atoms with Crippen molar-refractivity contribution in [3.05, 3.63) is 48.2 Å². The summed E-state index contributed by atoms with van der Waals surface area (Å²) < 4.78 is 5.79. The molecule has 6 heteroatoms. The van der Waals surface area contributed by atoms with E-state index in [4.69, 9.17) is 9.52 Å². The summed E-state index contributed by atoms with van der Waals surface area (Å²) in [5, 5.41) is 15.6. The zero-order valence-electron chi connectivity index (χ0n) is 12.6. The van der Waals surface area contributed by atoms with Gasteiger partial charge in [0.25, 0.3) is 0 Å². The molecule has 0 aliphatic rings. The molecule has 1 aromatic heterocycles. The highest BCUT2D eigenvalue weighted by molar-refractivity contribution is 5.85. The van der Waals surface area contributed by atoms with Gasteiger partial charge in [0, 0.05) is 25.2 Å². The lowest BCUT2D eigenvalue weighted by Crippen LogP contribution is -2.31. The topological polar surface area (TPSA) is 57.4 Å². The van der Waals surface area contributed by atoms with Crippen LogP contribution in [0.5, 0.6) is 0 Å². The smallest absolute Gasteiger partial charge is 0.134 e. The van der Waals surface area contributed by atoms with Crippen molar-refractivity contribution in [3.8, 4) is 11.3 Å². The first-order valence-electron chi connectivity index (χ1n) is 6.99. The zero-order valence-corrected chi connectivity index (χ0v) is 14.3. The number of hydrogen-bond acceptors (Lipinski definition) is 4. The van der Waals surface area contributed by atoms with Gasteiger partial charge in [0.05, 0.1) is 12.6 Å². The van der Waals surface area contributed by atoms with Crippen molar-refractivity contribution in [2.24, 2.45) is 0 Å². The number of benzene rings is 1. The van der Waals surface area contributed by atoms with Gasteiger partial charge in [-0.1, -0.05) is 30.3 Å². The van der Waals surface area contributed by atoms with E-state index in [0.717, 1.165) is 30.2 Å². The van der Waals surface area contributed by atoms with E-state index in [1.54, 1.807) is 6.92 Å². The third-order valence-corrected chi connectivity index (χ3v) is 2.94. The van der Waals surface area contributed by atoms with Crippen LogP contribution in [0.3, 0.4) is 0 Å². The van der Waals surface area contributed by atoms with Gasteiger partial charge in [-0.15, -0.1) is 24.8 Å². The lowest BCUT2D eigenvalue weighted by molar-refractivity contribution is 0.191. The molecule has 0 spiro atoms. The number of aliphatic hydroxyl groups is 1. The molecule has 0 saturated carbocycles. The number of furan rings is 1. The van der Waals surface area contributed by atoms with E-state index in [1.807, 2.05) is 42.5 Å². The summed E-state index contributed by atoms with van der Waals surface area (Å²) >= 11 is 0. The molecule has 1 unspecified atom stereocenters. The Labute approximate surface area is 144 Å². The van der Waals surface area contributed by atoms with Gasteiger partial charge < -0.3 is 20.2 Å². The Morgan fingerprint density at radius 1 is 1.00 bits per heavy atom. The summed E-state index contributed by atoms with van der Waals surface area (Å²) in [6.07, 6.45) is -0.298. The van der Waals surface area contributed by atoms with Gasteiger partial charge >= 0.3 is 0 Å². The highest BCUT2D eigenvalue weighted by atomic mass is 35.5. The van der Waals surface area contributed by atoms with Crippen molar-refractivity contribution >= 4 is 24.8 Å². The summed E-state index contributed by atoms with van der Waals surface area (Å²) in [6, 6.07) is 14.1. The molecule has 0 aliphatic carbocycles. The second-order valence-electron chi connectivity index (χ2n) is 4.86. The molecular formula is C16H24Cl2N2O2. The maximum atomic E-state index is 9.10. The summed E-state index contributed by atoms with van der Waals surface area (Å²) in [5.74, 6) is 1.83. The SMILES string of the molecule is CC(O)CNCCNCc1ccc(-c2ccccc2)o1.Cl.Cl. The Balaban J connectivity index is 0.00000220. The third kappa shape index (κ3) is 7.29. The minimum absolute atomic E-state index is 0. The quantitative estimate of drug-likeness (QED) is 0.643. The van der Waals surface area contributed by atoms with Crippen molar-refractivity contribution in [1.82, 2.24) is 10.6 Å². The summed E-state index contributed by atoms with van der Waals surface area (Å²) in [4.78, 5) is 0. The van der Waals surface area contributed by atoms with Crippen molar-refractivity contribution in [2.45, 2.75) is 19.6 Å². The highest BCUT2D eigenvalue weighted by Crippen LogP contribution is 2.21. The third-order valence-electron chi connectivity index (χ3n) is 2.94. The molecule has 0 saturated heterocycles. The molecule has 4 nitrogen and oxygen atoms in total. The molecule has 0 amide bonds. The molecular weight excluding hydrogens is 323 g/mol. The van der Waals surface area contributed by atoms with Crippen LogP contribution in [0.2, 0.25) is 0 Å². The van der Waals surface area contributed by atoms with E-state index < -0.39 is 0 Å². The first-order chi connectivity index (χ1) is 9.75. The van der Waals surface area contributed by atoms with Crippen molar-refractivity contribution in [1.29, 1.82) is 0 Å². The van der Waals surface area contributed by atoms with E-state index in [-0.39, 0.29) is 30.9 Å². The van der Waals surface area contributed by atoms with E-state index in [2.05, 4.69) is 10.6 Å². The molecule has 1 atom stereocenters. The Hall–Kier alpha value is -1.04. The molecule has 2 rings (SSSR count). The molecule has 0 bridgehead atoms. The van der Waals surface area contributed by atoms with Crippen molar-refractivity contribution in [2.75, 3.05) is 19.6 Å². The van der Waals surface area contributed by atoms with E-state index in [1.165, 1.54) is 0 Å². The van der Waals surface area contributed by atoms with Gasteiger partial charge in [0.1, 0.15) is 11.5 Å². The van der Waals surface area contributed by atoms with Gasteiger partial charge in [-0.3, -0.25) is 0 Å². The monoisotopic (exact) mass is 346 g/mol. The van der Waals surface area contributed by atoms with E-state index >= 15 is 0 Å². The van der Waals surface area contributed by atoms with Crippen LogP contribution in [-0.4, -0.2) is 30.8 Å². The van der Waals surface area contributed by atoms with Crippen molar-refractivity contribution < 1.29 is 9.52 Å². The Morgan fingerprint density at radius 2 is 1.68 bits per heavy atom. The minimum atomic E-state index is -0.298. The van der Waals surface area contributed by atoms with Crippen LogP contribution in [-0.2, 0) is 6.54 Å². The number of hydrogen-bond donors (Lipinski definition) is 3. The predicted octanol–water partition coefficient (Wildman–Crippen LogP) is 2.85. The molecule has 0 fully saturated rings. The lowest BCUT2D eigenvalue weighted by Gasteiger charge is -2.07. The predicted molar refractivity (Wildman–Crippen MR) is 94.9 cm³/mol. The molecule has 0 radical (unpaired) electrons. The van der Waals surface area contributed by atoms with Crippen LogP contribution >= 0.6 is 24.8 Å². The maximum absolute atomic E-state index is 9.10. The largest absolute Gasteiger partial charge is 0.460 e. The average Bonchev–Trinajstić information content (AvgIpc) is 2.92. The van der Waals surface area contributed by atoms with Crippen LogP contribution in [0.4, 0.5) is 0 Å². The van der Waals surface area contributed by atoms with Gasteiger partial charge in [-0.2, -0.15) is 0 Å². The normalized spacial score (nSPS) is 11.4. The maximum Gasteiger partial charge on any atom is 0.134 e. The number of nitrogens with one attached hydrogen (secondary N) is 2. The minimum Gasteiger partial charge on any atom is -0.460 e. The van der Waals surface area contributed by atoms with Crippen LogP contribution in [0.15, 0.2) is 46.9 Å². The van der Waals surface area contributed by atoms with E-state index in [9.17, 15) is 0 Å². The summed E-state index contributed by atoms with van der Waals surface area (Å²) in [5.41, 5.74) is 1.09. The van der Waals surface area contributed by atoms with Gasteiger partial charge in [0.15, 0.2) is 0 Å². The molecule has 124 valence electrons. The van der Waals surface area contributed by atoms with Gasteiger partial charge in [-0.05, 0) is 19.1 Å². The van der Waals surface area contributed by atoms with Crippen molar-refractivity contribution in [3.63, 3.8) is 0 Å². The summed E-state index contributed by atoms with van der Waals surface area (Å²) in [6.45, 7) is 4.78. The van der Waals surface area contributed by atoms with Gasteiger partial charge in [-0.25, -0.2) is 0 Å². The van der Waals surface area contributed by atoms with E-state index in [0.29, 0.717) is 13.1 Å². The first-order valence-corrected chi connectivity index (χ1v) is 6.99. The number of rotatable bonds is 8. The second-order valence-corrected chi connectivity index (χ2v) is 4.86. The molecule has 2 aromatic rings. The van der Waals surface area contributed by atoms with Gasteiger partial charge in [0.2, 0.25) is 0 Å². The van der Waals surface area contributed by atoms with Crippen LogP contribution in [0, 0.1) is 0 Å². The van der Waals surface area contributed by atoms with Crippen LogP contribution in [0.25, 0.3) is 11.3 Å². The average molecular weight is 347 g/mol. The lowest BCUT2D eigenvalue weighted by atomic mass is 10.2. The Morgan fingerprint density at radius 3 is 2.36 bits per heavy atom. The molecule has 1 aromatic carbocycles. The number of aliphatic hydroxyl groups excluding tert-OH is 1. The zero-order chi connectivity index (χ0) is 14.2. The number of halogens is 2. The molecule has 22 heavy (non-hydrogen) atoms. The Kier molecular flexibility index (Phi) is 11.0. The Bertz CT molecular complexity index is 504. The molecule has 1 heterocycles. The fraction of sp³-hybridized carbons (Fsp3) is 0.375. The first kappa shape index (κ1) is 21.0. The standard InChI is InChI=1S/C16H22N2O2.2ClH/c1-13(19)11-17-9-10-18-12-15-7-8-16(20-15)14-5-3-2-4-6-14;;/h2-8,13,17-19H,9-12H2,1H3;2*1H. The summed E-state index contributed by atoms with van der Waals surface area (Å²) in [7, 11) is 0. The van der Waals surface area contributed by atoms with Crippen LogP contribution < -0.4 is 10.6 Å². The van der Waals surface area contributed by atoms with Crippen LogP contribution in [0.1, 0.15) is 12.7 Å².